The number of hydrogen-bond acceptors (Lipinski definition) is 4. The first-order valence-electron chi connectivity index (χ1n) is 9.99. The van der Waals surface area contributed by atoms with Crippen molar-refractivity contribution < 1.29 is 27.3 Å². The topological polar surface area (TPSA) is 100 Å². The average Bonchev–Trinajstić information content (AvgIpc) is 3.20. The number of rotatable bonds is 5. The molecule has 1 aliphatic heterocycles. The van der Waals surface area contributed by atoms with Crippen LogP contribution in [0.2, 0.25) is 0 Å². The van der Waals surface area contributed by atoms with Crippen molar-refractivity contribution in [1.29, 1.82) is 0 Å². The lowest BCUT2D eigenvalue weighted by molar-refractivity contribution is -0.917. The normalized spacial score (nSPS) is 20.3. The van der Waals surface area contributed by atoms with Gasteiger partial charge in [0.15, 0.2) is 6.04 Å². The van der Waals surface area contributed by atoms with Gasteiger partial charge in [-0.15, -0.1) is 0 Å². The number of amides is 3. The maximum atomic E-state index is 13.1. The number of nitrogens with one attached hydrogen (secondary N) is 3. The van der Waals surface area contributed by atoms with E-state index >= 15 is 0 Å². The van der Waals surface area contributed by atoms with E-state index in [9.17, 15) is 22.4 Å². The van der Waals surface area contributed by atoms with Crippen molar-refractivity contribution in [1.82, 2.24) is 14.9 Å². The van der Waals surface area contributed by atoms with Crippen LogP contribution in [0.1, 0.15) is 32.6 Å². The van der Waals surface area contributed by atoms with Crippen LogP contribution >= 0.6 is 0 Å². The summed E-state index contributed by atoms with van der Waals surface area (Å²) in [5.74, 6) is -0.861. The highest BCUT2D eigenvalue weighted by Crippen LogP contribution is 2.17. The zero-order valence-corrected chi connectivity index (χ0v) is 17.3. The van der Waals surface area contributed by atoms with Gasteiger partial charge in [0.25, 0.3) is 5.91 Å². The van der Waals surface area contributed by atoms with E-state index in [1.165, 1.54) is 16.4 Å². The summed E-state index contributed by atoms with van der Waals surface area (Å²) in [6, 6.07) is 3.94. The highest BCUT2D eigenvalue weighted by atomic mass is 32.2. The van der Waals surface area contributed by atoms with Crippen molar-refractivity contribution in [3.8, 4) is 0 Å². The minimum Gasteiger partial charge on any atom is -0.335 e. The molecule has 1 saturated heterocycles. The van der Waals surface area contributed by atoms with E-state index in [2.05, 4.69) is 10.6 Å². The van der Waals surface area contributed by atoms with Gasteiger partial charge in [-0.3, -0.25) is 10.1 Å². The fourth-order valence-electron chi connectivity index (χ4n) is 3.90. The molecule has 0 spiro atoms. The van der Waals surface area contributed by atoms with Crippen LogP contribution in [-0.4, -0.2) is 62.9 Å². The molecule has 1 saturated carbocycles. The molecule has 2 aliphatic rings. The summed E-state index contributed by atoms with van der Waals surface area (Å²) >= 11 is 0. The van der Waals surface area contributed by atoms with Gasteiger partial charge in [-0.25, -0.2) is 17.6 Å². The molecule has 3 N–H and O–H groups in total. The number of carbonyl (C=O) groups excluding carboxylic acids is 2. The van der Waals surface area contributed by atoms with Crippen molar-refractivity contribution in [2.75, 3.05) is 26.2 Å². The van der Waals surface area contributed by atoms with Gasteiger partial charge < -0.3 is 10.2 Å². The molecule has 3 amide bonds. The van der Waals surface area contributed by atoms with E-state index in [0.717, 1.165) is 42.7 Å². The maximum absolute atomic E-state index is 13.1. The molecule has 0 bridgehead atoms. The lowest BCUT2D eigenvalue weighted by atomic mass is 10.2. The van der Waals surface area contributed by atoms with Gasteiger partial charge >= 0.3 is 6.03 Å². The largest absolute Gasteiger partial charge is 0.335 e. The Morgan fingerprint density at radius 3 is 2.31 bits per heavy atom. The monoisotopic (exact) mass is 427 g/mol. The van der Waals surface area contributed by atoms with Gasteiger partial charge in [-0.2, -0.15) is 4.31 Å². The zero-order valence-electron chi connectivity index (χ0n) is 16.5. The summed E-state index contributed by atoms with van der Waals surface area (Å²) in [6.45, 7) is 3.12. The third-order valence-corrected chi connectivity index (χ3v) is 7.66. The highest BCUT2D eigenvalue weighted by molar-refractivity contribution is 7.89. The molecule has 0 aromatic heterocycles. The van der Waals surface area contributed by atoms with Crippen LogP contribution in [-0.2, 0) is 14.8 Å². The number of benzene rings is 1. The molecule has 2 fully saturated rings. The number of nitrogens with zero attached hydrogens (tertiary/aromatic N) is 1. The summed E-state index contributed by atoms with van der Waals surface area (Å²) < 4.78 is 39.8. The molecule has 10 heteroatoms. The van der Waals surface area contributed by atoms with E-state index in [4.69, 9.17) is 0 Å². The Morgan fingerprint density at radius 2 is 1.72 bits per heavy atom. The summed E-state index contributed by atoms with van der Waals surface area (Å²) in [5.41, 5.74) is 0. The molecule has 1 aromatic rings. The van der Waals surface area contributed by atoms with Crippen molar-refractivity contribution in [3.05, 3.63) is 30.1 Å². The Morgan fingerprint density at radius 1 is 1.14 bits per heavy atom. The number of urea groups is 1. The van der Waals surface area contributed by atoms with Gasteiger partial charge in [0, 0.05) is 6.04 Å². The Labute approximate surface area is 170 Å². The van der Waals surface area contributed by atoms with Gasteiger partial charge in [0.2, 0.25) is 10.0 Å². The van der Waals surface area contributed by atoms with Crippen LogP contribution in [0.4, 0.5) is 9.18 Å². The summed E-state index contributed by atoms with van der Waals surface area (Å²) in [4.78, 5) is 25.4. The molecule has 1 aliphatic carbocycles. The maximum Gasteiger partial charge on any atom is 0.321 e. The first kappa shape index (κ1) is 21.7. The van der Waals surface area contributed by atoms with Crippen molar-refractivity contribution in [2.45, 2.75) is 49.6 Å². The van der Waals surface area contributed by atoms with E-state index in [-0.39, 0.29) is 29.9 Å². The van der Waals surface area contributed by atoms with Gasteiger partial charge in [-0.1, -0.05) is 12.8 Å². The molecule has 3 rings (SSSR count). The minimum absolute atomic E-state index is 0.0525. The fraction of sp³-hybridized carbons (Fsp3) is 0.579. The van der Waals surface area contributed by atoms with E-state index in [1.54, 1.807) is 6.92 Å². The predicted octanol–water partition coefficient (Wildman–Crippen LogP) is -0.128. The smallest absolute Gasteiger partial charge is 0.321 e. The molecule has 1 atom stereocenters. The minimum atomic E-state index is -3.69. The first-order valence-corrected chi connectivity index (χ1v) is 11.4. The Balaban J connectivity index is 1.50. The van der Waals surface area contributed by atoms with Crippen LogP contribution in [0.3, 0.4) is 0 Å². The molecule has 160 valence electrons. The lowest BCUT2D eigenvalue weighted by Gasteiger charge is -2.34. The molecular weight excluding hydrogens is 399 g/mol. The Kier molecular flexibility index (Phi) is 6.86. The van der Waals surface area contributed by atoms with Gasteiger partial charge in [0.1, 0.15) is 5.82 Å². The molecule has 29 heavy (non-hydrogen) atoms. The second kappa shape index (κ2) is 9.19. The summed E-state index contributed by atoms with van der Waals surface area (Å²) in [6.07, 6.45) is 4.05. The van der Waals surface area contributed by atoms with Crippen molar-refractivity contribution in [3.63, 3.8) is 0 Å². The molecule has 1 aromatic carbocycles. The van der Waals surface area contributed by atoms with E-state index in [1.807, 2.05) is 0 Å². The van der Waals surface area contributed by atoms with E-state index < -0.39 is 27.9 Å². The quantitative estimate of drug-likeness (QED) is 0.610. The Hall–Kier alpha value is -2.04. The second-order valence-electron chi connectivity index (χ2n) is 7.68. The number of carbonyl (C=O) groups is 2. The number of sulfonamides is 1. The highest BCUT2D eigenvalue weighted by Gasteiger charge is 2.35. The van der Waals surface area contributed by atoms with Crippen molar-refractivity contribution >= 4 is 22.0 Å². The van der Waals surface area contributed by atoms with Crippen LogP contribution in [0.5, 0.6) is 0 Å². The number of halogens is 1. The molecule has 0 unspecified atom stereocenters. The third-order valence-electron chi connectivity index (χ3n) is 5.75. The second-order valence-corrected chi connectivity index (χ2v) is 9.62. The van der Waals surface area contributed by atoms with Crippen LogP contribution in [0.25, 0.3) is 0 Å². The first-order chi connectivity index (χ1) is 13.8. The Bertz CT molecular complexity index is 832. The number of hydrogen-bond donors (Lipinski definition) is 3. The van der Waals surface area contributed by atoms with Gasteiger partial charge in [0.05, 0.1) is 31.1 Å². The molecule has 1 heterocycles. The number of piperazine rings is 1. The zero-order chi connectivity index (χ0) is 21.0. The van der Waals surface area contributed by atoms with E-state index in [0.29, 0.717) is 13.1 Å². The van der Waals surface area contributed by atoms with Crippen LogP contribution in [0.15, 0.2) is 29.2 Å². The average molecular weight is 428 g/mol. The van der Waals surface area contributed by atoms with Crippen LogP contribution < -0.4 is 15.5 Å². The fourth-order valence-corrected chi connectivity index (χ4v) is 5.34. The molecule has 0 radical (unpaired) electrons. The lowest BCUT2D eigenvalue weighted by Crippen LogP contribution is -3.19. The summed E-state index contributed by atoms with van der Waals surface area (Å²) in [7, 11) is -3.69. The molecule has 8 nitrogen and oxygen atoms in total. The SMILES string of the molecule is C[C@H](C(=O)NC(=O)NC1CCCC1)[NH+]1CCN(S(=O)(=O)c2ccc(F)cc2)CC1. The van der Waals surface area contributed by atoms with Crippen LogP contribution in [0, 0.1) is 5.82 Å². The summed E-state index contributed by atoms with van der Waals surface area (Å²) in [5, 5.41) is 5.22. The molecular formula is C19H28FN4O4S+. The number of quaternary nitrogens is 1. The van der Waals surface area contributed by atoms with Crippen molar-refractivity contribution in [2.24, 2.45) is 0 Å². The number of imide groups is 1. The third kappa shape index (κ3) is 5.31. The predicted molar refractivity (Wildman–Crippen MR) is 104 cm³/mol. The standard InChI is InChI=1S/C19H27FN4O4S/c1-14(18(25)22-19(26)21-16-4-2-3-5-16)23-10-12-24(13-11-23)29(27,28)17-8-6-15(20)7-9-17/h6-9,14,16H,2-5,10-13H2,1H3,(H2,21,22,25,26)/p+1/t14-/m1/s1. The van der Waals surface area contributed by atoms with Gasteiger partial charge in [-0.05, 0) is 44.0 Å².